The largest absolute Gasteiger partial charge is 0.508 e. The molecule has 0 spiro atoms. The van der Waals surface area contributed by atoms with Gasteiger partial charge >= 0.3 is 5.97 Å². The Kier molecular flexibility index (Phi) is 5.53. The minimum Gasteiger partial charge on any atom is -0.508 e. The number of carboxylic acid groups (broad SMARTS) is 1. The van der Waals surface area contributed by atoms with Gasteiger partial charge in [0.25, 0.3) is 0 Å². The van der Waals surface area contributed by atoms with Gasteiger partial charge < -0.3 is 10.2 Å². The molecule has 1 rings (SSSR count). The summed E-state index contributed by atoms with van der Waals surface area (Å²) in [4.78, 5) is 10.8. The van der Waals surface area contributed by atoms with E-state index < -0.39 is 5.97 Å². The van der Waals surface area contributed by atoms with E-state index in [1.54, 1.807) is 12.1 Å². The van der Waals surface area contributed by atoms with Crippen molar-refractivity contribution < 1.29 is 15.0 Å². The van der Waals surface area contributed by atoms with Gasteiger partial charge in [0.15, 0.2) is 0 Å². The van der Waals surface area contributed by atoms with Gasteiger partial charge in [0.05, 0.1) is 5.56 Å². The predicted molar refractivity (Wildman–Crippen MR) is 67.5 cm³/mol. The lowest BCUT2D eigenvalue weighted by Crippen LogP contribution is -1.97. The summed E-state index contributed by atoms with van der Waals surface area (Å²) < 4.78 is 0. The maximum atomic E-state index is 10.8. The summed E-state index contributed by atoms with van der Waals surface area (Å²) in [7, 11) is 0. The Labute approximate surface area is 102 Å². The molecule has 0 aliphatic rings. The molecule has 0 saturated carbocycles. The van der Waals surface area contributed by atoms with E-state index >= 15 is 0 Å². The molecule has 0 unspecified atom stereocenters. The molecule has 17 heavy (non-hydrogen) atoms. The zero-order valence-electron chi connectivity index (χ0n) is 10.3. The summed E-state index contributed by atoms with van der Waals surface area (Å²) in [6.07, 6.45) is 6.73. The van der Waals surface area contributed by atoms with E-state index in [1.807, 2.05) is 0 Å². The molecule has 0 aliphatic heterocycles. The molecule has 0 saturated heterocycles. The summed E-state index contributed by atoms with van der Waals surface area (Å²) in [5, 5.41) is 18.3. The van der Waals surface area contributed by atoms with Gasteiger partial charge in [-0.1, -0.05) is 32.6 Å². The number of unbranched alkanes of at least 4 members (excludes halogenated alkanes) is 4. The van der Waals surface area contributed by atoms with Crippen molar-refractivity contribution in [2.45, 2.75) is 45.4 Å². The molecule has 1 aromatic carbocycles. The summed E-state index contributed by atoms with van der Waals surface area (Å²) in [6, 6.07) is 4.57. The number of benzene rings is 1. The minimum atomic E-state index is -0.992. The minimum absolute atomic E-state index is 0.0356. The Morgan fingerprint density at radius 2 is 1.82 bits per heavy atom. The highest BCUT2D eigenvalue weighted by Gasteiger charge is 2.06. The second-order valence-electron chi connectivity index (χ2n) is 4.36. The van der Waals surface area contributed by atoms with Crippen LogP contribution in [-0.2, 0) is 6.42 Å². The van der Waals surface area contributed by atoms with E-state index in [1.165, 1.54) is 25.3 Å². The van der Waals surface area contributed by atoms with E-state index in [0.717, 1.165) is 24.8 Å². The van der Waals surface area contributed by atoms with Crippen molar-refractivity contribution in [3.63, 3.8) is 0 Å². The third-order valence-corrected chi connectivity index (χ3v) is 2.79. The Balaban J connectivity index is 2.50. The second kappa shape index (κ2) is 6.94. The predicted octanol–water partition coefficient (Wildman–Crippen LogP) is 3.60. The molecule has 2 N–H and O–H groups in total. The lowest BCUT2D eigenvalue weighted by atomic mass is 10.0. The number of aryl methyl sites for hydroxylation is 1. The summed E-state index contributed by atoms with van der Waals surface area (Å²) in [6.45, 7) is 2.17. The van der Waals surface area contributed by atoms with E-state index in [0.29, 0.717) is 0 Å². The normalized spacial score (nSPS) is 10.4. The molecule has 94 valence electrons. The van der Waals surface area contributed by atoms with E-state index in [-0.39, 0.29) is 11.3 Å². The monoisotopic (exact) mass is 236 g/mol. The van der Waals surface area contributed by atoms with Crippen molar-refractivity contribution >= 4 is 5.97 Å². The quantitative estimate of drug-likeness (QED) is 0.711. The van der Waals surface area contributed by atoms with Crippen LogP contribution in [0.25, 0.3) is 0 Å². The SMILES string of the molecule is CCCCCCCc1cc(O)cc(C(=O)O)c1. The maximum absolute atomic E-state index is 10.8. The van der Waals surface area contributed by atoms with Crippen molar-refractivity contribution in [3.05, 3.63) is 29.3 Å². The van der Waals surface area contributed by atoms with Crippen LogP contribution < -0.4 is 0 Å². The Morgan fingerprint density at radius 3 is 2.47 bits per heavy atom. The number of rotatable bonds is 7. The zero-order valence-corrected chi connectivity index (χ0v) is 10.3. The molecule has 3 nitrogen and oxygen atoms in total. The number of aromatic hydroxyl groups is 1. The Hall–Kier alpha value is -1.51. The Morgan fingerprint density at radius 1 is 1.12 bits per heavy atom. The van der Waals surface area contributed by atoms with Gasteiger partial charge in [-0.2, -0.15) is 0 Å². The number of phenolic OH excluding ortho intramolecular Hbond substituents is 1. The van der Waals surface area contributed by atoms with Crippen LogP contribution >= 0.6 is 0 Å². The molecular weight excluding hydrogens is 216 g/mol. The number of aromatic carboxylic acids is 1. The lowest BCUT2D eigenvalue weighted by molar-refractivity contribution is 0.0696. The van der Waals surface area contributed by atoms with Crippen molar-refractivity contribution in [1.82, 2.24) is 0 Å². The first-order valence-electron chi connectivity index (χ1n) is 6.19. The van der Waals surface area contributed by atoms with Crippen LogP contribution in [0.3, 0.4) is 0 Å². The van der Waals surface area contributed by atoms with Crippen LogP contribution in [0.15, 0.2) is 18.2 Å². The van der Waals surface area contributed by atoms with Crippen molar-refractivity contribution in [2.75, 3.05) is 0 Å². The highest BCUT2D eigenvalue weighted by molar-refractivity contribution is 5.88. The average Bonchev–Trinajstić information content (AvgIpc) is 2.28. The molecule has 0 radical (unpaired) electrons. The van der Waals surface area contributed by atoms with Crippen LogP contribution in [0, 0.1) is 0 Å². The van der Waals surface area contributed by atoms with Crippen molar-refractivity contribution in [3.8, 4) is 5.75 Å². The first-order valence-corrected chi connectivity index (χ1v) is 6.19. The van der Waals surface area contributed by atoms with Gasteiger partial charge in [-0.3, -0.25) is 0 Å². The van der Waals surface area contributed by atoms with Gasteiger partial charge in [-0.25, -0.2) is 4.79 Å². The van der Waals surface area contributed by atoms with Crippen LogP contribution in [-0.4, -0.2) is 16.2 Å². The third-order valence-electron chi connectivity index (χ3n) is 2.79. The average molecular weight is 236 g/mol. The van der Waals surface area contributed by atoms with Crippen LogP contribution in [0.4, 0.5) is 0 Å². The topological polar surface area (TPSA) is 57.5 Å². The summed E-state index contributed by atoms with van der Waals surface area (Å²) in [5.41, 5.74) is 1.06. The zero-order chi connectivity index (χ0) is 12.7. The van der Waals surface area contributed by atoms with Gasteiger partial charge in [0.1, 0.15) is 5.75 Å². The van der Waals surface area contributed by atoms with Gasteiger partial charge in [-0.05, 0) is 36.6 Å². The second-order valence-corrected chi connectivity index (χ2v) is 4.36. The molecule has 0 fully saturated rings. The van der Waals surface area contributed by atoms with E-state index in [4.69, 9.17) is 5.11 Å². The third kappa shape index (κ3) is 4.89. The molecular formula is C14H20O3. The summed E-state index contributed by atoms with van der Waals surface area (Å²) >= 11 is 0. The van der Waals surface area contributed by atoms with Crippen molar-refractivity contribution in [1.29, 1.82) is 0 Å². The fourth-order valence-electron chi connectivity index (χ4n) is 1.87. The molecule has 0 bridgehead atoms. The molecule has 0 heterocycles. The van der Waals surface area contributed by atoms with E-state index in [9.17, 15) is 9.90 Å². The van der Waals surface area contributed by atoms with Crippen LogP contribution in [0.1, 0.15) is 54.9 Å². The molecule has 1 aromatic rings. The first-order chi connectivity index (χ1) is 8.13. The smallest absolute Gasteiger partial charge is 0.335 e. The van der Waals surface area contributed by atoms with Crippen LogP contribution in [0.5, 0.6) is 5.75 Å². The summed E-state index contributed by atoms with van der Waals surface area (Å²) in [5.74, 6) is -0.957. The number of carbonyl (C=O) groups is 1. The first kappa shape index (κ1) is 13.6. The molecule has 0 atom stereocenters. The van der Waals surface area contributed by atoms with E-state index in [2.05, 4.69) is 6.92 Å². The van der Waals surface area contributed by atoms with Crippen LogP contribution in [0.2, 0.25) is 0 Å². The fourth-order valence-corrected chi connectivity index (χ4v) is 1.87. The molecule has 0 amide bonds. The standard InChI is InChI=1S/C14H20O3/c1-2-3-4-5-6-7-11-8-12(14(16)17)10-13(15)9-11/h8-10,15H,2-7H2,1H3,(H,16,17). The number of hydrogen-bond donors (Lipinski definition) is 2. The lowest BCUT2D eigenvalue weighted by Gasteiger charge is -2.04. The van der Waals surface area contributed by atoms with Crippen molar-refractivity contribution in [2.24, 2.45) is 0 Å². The molecule has 3 heteroatoms. The Bertz CT molecular complexity index is 372. The van der Waals surface area contributed by atoms with Gasteiger partial charge in [-0.15, -0.1) is 0 Å². The number of carboxylic acids is 1. The van der Waals surface area contributed by atoms with Gasteiger partial charge in [0.2, 0.25) is 0 Å². The molecule has 0 aliphatic carbocycles. The fraction of sp³-hybridized carbons (Fsp3) is 0.500. The number of hydrogen-bond acceptors (Lipinski definition) is 2. The molecule has 0 aromatic heterocycles. The highest BCUT2D eigenvalue weighted by Crippen LogP contribution is 2.18. The van der Waals surface area contributed by atoms with Gasteiger partial charge in [0, 0.05) is 0 Å². The highest BCUT2D eigenvalue weighted by atomic mass is 16.4. The maximum Gasteiger partial charge on any atom is 0.335 e. The number of phenols is 1.